The summed E-state index contributed by atoms with van der Waals surface area (Å²) in [7, 11) is 0. The molecule has 1 rings (SSSR count). The summed E-state index contributed by atoms with van der Waals surface area (Å²) < 4.78 is 0. The highest BCUT2D eigenvalue weighted by atomic mass is 14.7. The van der Waals surface area contributed by atoms with Gasteiger partial charge in [-0.05, 0) is 24.8 Å². The number of rotatable bonds is 6. The van der Waals surface area contributed by atoms with E-state index in [4.69, 9.17) is 5.73 Å². The summed E-state index contributed by atoms with van der Waals surface area (Å²) in [6, 6.07) is 10.3. The molecule has 0 heterocycles. The molecule has 80 valence electrons. The van der Waals surface area contributed by atoms with E-state index in [0.29, 0.717) is 0 Å². The SMILES string of the molecule is C=CCC(N)(CC=C)Cc1ccccc1. The third-order valence-corrected chi connectivity index (χ3v) is 2.50. The Hall–Kier alpha value is -1.34. The lowest BCUT2D eigenvalue weighted by atomic mass is 9.85. The van der Waals surface area contributed by atoms with E-state index < -0.39 is 0 Å². The van der Waals surface area contributed by atoms with Crippen LogP contribution in [0.3, 0.4) is 0 Å². The van der Waals surface area contributed by atoms with Gasteiger partial charge in [-0.25, -0.2) is 0 Å². The average Bonchev–Trinajstić information content (AvgIpc) is 2.19. The molecule has 15 heavy (non-hydrogen) atoms. The van der Waals surface area contributed by atoms with Crippen LogP contribution in [0.2, 0.25) is 0 Å². The van der Waals surface area contributed by atoms with Gasteiger partial charge in [0, 0.05) is 5.54 Å². The van der Waals surface area contributed by atoms with Gasteiger partial charge in [-0.2, -0.15) is 0 Å². The lowest BCUT2D eigenvalue weighted by Crippen LogP contribution is -2.41. The van der Waals surface area contributed by atoms with Crippen molar-refractivity contribution in [3.8, 4) is 0 Å². The van der Waals surface area contributed by atoms with Crippen LogP contribution < -0.4 is 5.73 Å². The quantitative estimate of drug-likeness (QED) is 0.703. The number of hydrogen-bond donors (Lipinski definition) is 1. The van der Waals surface area contributed by atoms with E-state index in [0.717, 1.165) is 19.3 Å². The van der Waals surface area contributed by atoms with Crippen molar-refractivity contribution in [2.75, 3.05) is 0 Å². The first kappa shape index (κ1) is 11.7. The van der Waals surface area contributed by atoms with Crippen molar-refractivity contribution in [2.24, 2.45) is 5.73 Å². The summed E-state index contributed by atoms with van der Waals surface area (Å²) in [5.74, 6) is 0. The average molecular weight is 201 g/mol. The minimum atomic E-state index is -0.231. The van der Waals surface area contributed by atoms with Crippen molar-refractivity contribution in [2.45, 2.75) is 24.8 Å². The molecule has 0 aliphatic rings. The predicted octanol–water partition coefficient (Wildman–Crippen LogP) is 3.08. The fraction of sp³-hybridized carbons (Fsp3) is 0.286. The van der Waals surface area contributed by atoms with E-state index in [1.54, 1.807) is 0 Å². The number of hydrogen-bond acceptors (Lipinski definition) is 1. The highest BCUT2D eigenvalue weighted by molar-refractivity contribution is 5.18. The van der Waals surface area contributed by atoms with Gasteiger partial charge in [-0.3, -0.25) is 0 Å². The van der Waals surface area contributed by atoms with Crippen molar-refractivity contribution in [1.82, 2.24) is 0 Å². The van der Waals surface area contributed by atoms with Gasteiger partial charge in [0.05, 0.1) is 0 Å². The maximum atomic E-state index is 6.31. The normalized spacial score (nSPS) is 11.0. The first-order chi connectivity index (χ1) is 7.20. The van der Waals surface area contributed by atoms with E-state index in [1.807, 2.05) is 30.4 Å². The molecular formula is C14H19N. The van der Waals surface area contributed by atoms with Gasteiger partial charge in [0.2, 0.25) is 0 Å². The molecule has 0 unspecified atom stereocenters. The molecule has 0 bridgehead atoms. The standard InChI is InChI=1S/C14H19N/c1-3-10-14(15,11-4-2)12-13-8-6-5-7-9-13/h3-9H,1-2,10-12,15H2. The molecule has 0 aromatic heterocycles. The zero-order valence-corrected chi connectivity index (χ0v) is 9.15. The predicted molar refractivity (Wildman–Crippen MR) is 66.7 cm³/mol. The Morgan fingerprint density at radius 3 is 2.07 bits per heavy atom. The van der Waals surface area contributed by atoms with Crippen LogP contribution in [0.4, 0.5) is 0 Å². The molecule has 2 N–H and O–H groups in total. The Balaban J connectivity index is 2.74. The summed E-state index contributed by atoms with van der Waals surface area (Å²) in [6.45, 7) is 7.51. The second kappa shape index (κ2) is 5.52. The van der Waals surface area contributed by atoms with Gasteiger partial charge in [0.1, 0.15) is 0 Å². The van der Waals surface area contributed by atoms with Crippen molar-refractivity contribution >= 4 is 0 Å². The number of benzene rings is 1. The van der Waals surface area contributed by atoms with E-state index in [-0.39, 0.29) is 5.54 Å². The lowest BCUT2D eigenvalue weighted by Gasteiger charge is -2.27. The molecule has 0 saturated carbocycles. The molecule has 0 fully saturated rings. The first-order valence-corrected chi connectivity index (χ1v) is 5.25. The molecule has 0 aliphatic heterocycles. The second-order valence-corrected chi connectivity index (χ2v) is 4.01. The van der Waals surface area contributed by atoms with Crippen molar-refractivity contribution < 1.29 is 0 Å². The molecule has 1 aromatic carbocycles. The summed E-state index contributed by atoms with van der Waals surface area (Å²) in [4.78, 5) is 0. The monoisotopic (exact) mass is 201 g/mol. The summed E-state index contributed by atoms with van der Waals surface area (Å²) in [5.41, 5.74) is 7.34. The molecule has 0 saturated heterocycles. The van der Waals surface area contributed by atoms with Crippen LogP contribution in [0.5, 0.6) is 0 Å². The Kier molecular flexibility index (Phi) is 4.32. The zero-order valence-electron chi connectivity index (χ0n) is 9.15. The lowest BCUT2D eigenvalue weighted by molar-refractivity contribution is 0.432. The fourth-order valence-electron chi connectivity index (χ4n) is 1.80. The maximum absolute atomic E-state index is 6.31. The molecule has 0 aliphatic carbocycles. The van der Waals surface area contributed by atoms with Crippen LogP contribution in [-0.4, -0.2) is 5.54 Å². The Labute approximate surface area is 92.3 Å². The highest BCUT2D eigenvalue weighted by Crippen LogP contribution is 2.19. The molecule has 0 spiro atoms. The topological polar surface area (TPSA) is 26.0 Å². The number of nitrogens with two attached hydrogens (primary N) is 1. The van der Waals surface area contributed by atoms with Gasteiger partial charge < -0.3 is 5.73 Å². The molecular weight excluding hydrogens is 182 g/mol. The largest absolute Gasteiger partial charge is 0.324 e. The van der Waals surface area contributed by atoms with Crippen molar-refractivity contribution in [1.29, 1.82) is 0 Å². The van der Waals surface area contributed by atoms with Crippen LogP contribution in [-0.2, 0) is 6.42 Å². The van der Waals surface area contributed by atoms with Crippen LogP contribution in [0.15, 0.2) is 55.6 Å². The highest BCUT2D eigenvalue weighted by Gasteiger charge is 2.21. The second-order valence-electron chi connectivity index (χ2n) is 4.01. The van der Waals surface area contributed by atoms with E-state index in [2.05, 4.69) is 25.3 Å². The van der Waals surface area contributed by atoms with E-state index in [9.17, 15) is 0 Å². The summed E-state index contributed by atoms with van der Waals surface area (Å²) >= 11 is 0. The Morgan fingerprint density at radius 1 is 1.07 bits per heavy atom. The Bertz CT molecular complexity index is 303. The third kappa shape index (κ3) is 3.72. The summed E-state index contributed by atoms with van der Waals surface area (Å²) in [6.07, 6.45) is 6.26. The van der Waals surface area contributed by atoms with Crippen LogP contribution in [0.25, 0.3) is 0 Å². The van der Waals surface area contributed by atoms with Gasteiger partial charge >= 0.3 is 0 Å². The minimum Gasteiger partial charge on any atom is -0.324 e. The van der Waals surface area contributed by atoms with E-state index in [1.165, 1.54) is 5.56 Å². The zero-order chi connectivity index (χ0) is 11.1. The van der Waals surface area contributed by atoms with E-state index >= 15 is 0 Å². The maximum Gasteiger partial charge on any atom is 0.0264 e. The molecule has 1 nitrogen and oxygen atoms in total. The molecule has 0 radical (unpaired) electrons. The van der Waals surface area contributed by atoms with Crippen molar-refractivity contribution in [3.63, 3.8) is 0 Å². The van der Waals surface area contributed by atoms with Crippen LogP contribution in [0.1, 0.15) is 18.4 Å². The fourth-order valence-corrected chi connectivity index (χ4v) is 1.80. The molecule has 1 heteroatoms. The van der Waals surface area contributed by atoms with Gasteiger partial charge in [-0.1, -0.05) is 42.5 Å². The smallest absolute Gasteiger partial charge is 0.0264 e. The first-order valence-electron chi connectivity index (χ1n) is 5.25. The van der Waals surface area contributed by atoms with Gasteiger partial charge in [-0.15, -0.1) is 13.2 Å². The van der Waals surface area contributed by atoms with Crippen molar-refractivity contribution in [3.05, 3.63) is 61.2 Å². The van der Waals surface area contributed by atoms with Crippen LogP contribution >= 0.6 is 0 Å². The van der Waals surface area contributed by atoms with Crippen LogP contribution in [0, 0.1) is 0 Å². The Morgan fingerprint density at radius 2 is 1.60 bits per heavy atom. The van der Waals surface area contributed by atoms with Gasteiger partial charge in [0.25, 0.3) is 0 Å². The molecule has 1 aromatic rings. The molecule has 0 amide bonds. The van der Waals surface area contributed by atoms with Gasteiger partial charge in [0.15, 0.2) is 0 Å². The third-order valence-electron chi connectivity index (χ3n) is 2.50. The summed E-state index contributed by atoms with van der Waals surface area (Å²) in [5, 5.41) is 0. The minimum absolute atomic E-state index is 0.231. The molecule has 0 atom stereocenters.